The zero-order valence-corrected chi connectivity index (χ0v) is 83.9. The van der Waals surface area contributed by atoms with Crippen molar-refractivity contribution < 1.29 is 49.2 Å². The van der Waals surface area contributed by atoms with Gasteiger partial charge in [0.1, 0.15) is 0 Å². The third-order valence-electron chi connectivity index (χ3n) is 26.3. The first-order valence-electron chi connectivity index (χ1n) is 50.2. The number of rotatable bonds is 35. The monoisotopic (exact) mass is 1890 g/mol. The molecule has 9 aromatic carbocycles. The van der Waals surface area contributed by atoms with E-state index in [0.29, 0.717) is 73.4 Å². The number of benzene rings is 9. The Morgan fingerprint density at radius 3 is 0.846 bits per heavy atom. The van der Waals surface area contributed by atoms with Crippen LogP contribution in [0.25, 0.3) is 0 Å². The number of unbranched alkanes of at least 4 members (excludes halogenated alkanes) is 8. The van der Waals surface area contributed by atoms with Crippen LogP contribution in [0.3, 0.4) is 0 Å². The average Bonchev–Trinajstić information content (AvgIpc) is 0.746. The maximum atomic E-state index is 13.2. The van der Waals surface area contributed by atoms with E-state index in [0.717, 1.165) is 104 Å². The van der Waals surface area contributed by atoms with Crippen LogP contribution in [0.1, 0.15) is 315 Å². The van der Waals surface area contributed by atoms with E-state index in [1.807, 2.05) is 84.9 Å². The van der Waals surface area contributed by atoms with E-state index in [9.17, 15) is 49.2 Å². The van der Waals surface area contributed by atoms with Crippen LogP contribution in [0.15, 0.2) is 218 Å². The van der Waals surface area contributed by atoms with E-state index in [1.165, 1.54) is 162 Å². The van der Waals surface area contributed by atoms with E-state index < -0.39 is 46.7 Å². The molecule has 0 aromatic heterocycles. The summed E-state index contributed by atoms with van der Waals surface area (Å²) >= 11 is 10.4. The molecule has 0 radical (unpaired) electrons. The minimum Gasteiger partial charge on any atom is -0.851 e. The first-order valence-corrected chi connectivity index (χ1v) is 51.0. The quantitative estimate of drug-likeness (QED) is 0.0201. The Hall–Kier alpha value is -10.3. The Morgan fingerprint density at radius 1 is 0.338 bits per heavy atom. The largest absolute Gasteiger partial charge is 0.851 e. The van der Waals surface area contributed by atoms with Gasteiger partial charge in [0.15, 0.2) is 0 Å². The summed E-state index contributed by atoms with van der Waals surface area (Å²) in [5.74, 6) is -1.60. The van der Waals surface area contributed by atoms with Crippen LogP contribution in [0, 0.1) is 24.7 Å². The molecule has 4 heterocycles. The predicted octanol–water partition coefficient (Wildman–Crippen LogP) is 19.4. The maximum Gasteiger partial charge on any atom is 0.252 e. The summed E-state index contributed by atoms with van der Waals surface area (Å²) in [5, 5.41) is 61.0. The first kappa shape index (κ1) is 111. The standard InChI is InChI=1S/C32H34N4O4.C32H48N2O2.C19H29NO2.C15H25N.C8H4Cl2O2.C8H12N2/c37-29-25-3-1-4-26(15-25)30(38)34-18-22-9-13-24(14-10-22)20-36-32(40)28-6-2-5-27(16-28)31(39)35-19-23-11-7-21(8-12-23)17-33-29;1-5-9-21-33(22-10-6-2)27-17-13-25(14-18-27)29-31(35)30(32(29)36)26-15-19-28(20-16-26)34(23-11-7-3)24-12-8-4;1-4-6-12-20(13-7-5-2)16-10-8-15(9-11-16)17-18(21)14(3)19(17)22;1-4-6-12-16(13-7-5-2)15-10-8-14(3)9-11-15;9-7(11)5-2-1-3-6(4-5)8(10)12;9-5-7-1-2-8(6-10)4-3-7/h1-8,11-12,15-16,22,24H,9-10,13-14,17-20H2,(H,33,37)(H,34,38)(H,35,39)(H,36,40);13-20,29-32H,5-12,21-24H2,1-4H3;8-11,14,17-19H,4-7,12-13H2,1-3H3;8-11H,4-7,12-13H2,1-3H3;1-4H;1-4H,5-6,9-10H2/q;2*-2;;;. The second kappa shape index (κ2) is 60.5. The molecule has 0 spiro atoms. The molecule has 136 heavy (non-hydrogen) atoms. The van der Waals surface area contributed by atoms with Crippen molar-refractivity contribution in [2.75, 3.05) is 85.0 Å². The molecule has 736 valence electrons. The number of nitrogens with two attached hydrogens (primary N) is 2. The summed E-state index contributed by atoms with van der Waals surface area (Å²) in [5.41, 5.74) is 26.3. The second-order valence-electron chi connectivity index (χ2n) is 36.7. The summed E-state index contributed by atoms with van der Waals surface area (Å²) in [7, 11) is 0. The van der Waals surface area contributed by atoms with E-state index >= 15 is 0 Å². The third kappa shape index (κ3) is 35.3. The summed E-state index contributed by atoms with van der Waals surface area (Å²) in [6, 6.07) is 68.7. The van der Waals surface area contributed by atoms with Crippen molar-refractivity contribution in [3.05, 3.63) is 296 Å². The van der Waals surface area contributed by atoms with Gasteiger partial charge < -0.3 is 72.8 Å². The van der Waals surface area contributed by atoms with Gasteiger partial charge in [-0.1, -0.05) is 253 Å². The number of carbonyl (C=O) groups excluding carboxylic acids is 6. The molecular formula is C114H152Cl2N10O10-4. The molecule has 3 aliphatic carbocycles. The van der Waals surface area contributed by atoms with Crippen LogP contribution < -0.4 is 72.8 Å². The van der Waals surface area contributed by atoms with Gasteiger partial charge in [-0.2, -0.15) is 0 Å². The molecule has 20 nitrogen and oxygen atoms in total. The number of anilines is 4. The lowest BCUT2D eigenvalue weighted by molar-refractivity contribution is -0.547. The number of hydrogen-bond donors (Lipinski definition) is 6. The van der Waals surface area contributed by atoms with Crippen LogP contribution in [0.2, 0.25) is 0 Å². The van der Waals surface area contributed by atoms with E-state index in [4.69, 9.17) is 34.7 Å². The smallest absolute Gasteiger partial charge is 0.252 e. The van der Waals surface area contributed by atoms with Gasteiger partial charge in [0, 0.05) is 148 Å². The highest BCUT2D eigenvalue weighted by Gasteiger charge is 2.39. The number of nitrogens with one attached hydrogen (secondary N) is 4. The molecule has 2 atom stereocenters. The molecule has 0 saturated heterocycles. The number of carbonyl (C=O) groups is 6. The number of nitrogens with zero attached hydrogens (tertiary/aromatic N) is 4. The molecule has 8 bridgehead atoms. The van der Waals surface area contributed by atoms with Gasteiger partial charge in [0.25, 0.3) is 34.1 Å². The normalized spacial score (nSPS) is 19.0. The van der Waals surface area contributed by atoms with Gasteiger partial charge in [-0.15, -0.1) is 24.4 Å². The highest BCUT2D eigenvalue weighted by Crippen LogP contribution is 2.46. The topological polar surface area (TPSA) is 308 Å². The lowest BCUT2D eigenvalue weighted by atomic mass is 9.63. The van der Waals surface area contributed by atoms with Gasteiger partial charge >= 0.3 is 0 Å². The fraction of sp³-hybridized carbons (Fsp3) is 0.474. The summed E-state index contributed by atoms with van der Waals surface area (Å²) in [4.78, 5) is 82.2. The van der Waals surface area contributed by atoms with Gasteiger partial charge in [0.05, 0.1) is 0 Å². The molecular weight excluding hydrogens is 1740 g/mol. The highest BCUT2D eigenvalue weighted by atomic mass is 35.5. The SMILES string of the molecule is CCCCN(CCCC)c1ccc(C)cc1.CCCCN(CCCC)c1ccc(C2C([O-])C(C)C2[O-])cc1.CCCCN(CCCC)c1ccc(C2C([O-])C(c3ccc(N(CCCC)CCCC)cc3)C2[O-])cc1.NCc1ccc(CN)cc1.O=C(Cl)c1cccc(C(=O)Cl)c1.O=C1NCc2ccc(cc2)CNC(=O)c2cccc(c2)C(=O)NCC2CCC(CC2)CNC(=O)c2cccc1c2. The van der Waals surface area contributed by atoms with Gasteiger partial charge in [-0.05, 0) is 267 Å². The Labute approximate surface area is 821 Å². The van der Waals surface area contributed by atoms with Crippen LogP contribution in [0.5, 0.6) is 0 Å². The van der Waals surface area contributed by atoms with Crippen molar-refractivity contribution in [2.45, 2.75) is 266 Å². The third-order valence-corrected chi connectivity index (χ3v) is 26.8. The molecule has 2 unspecified atom stereocenters. The lowest BCUT2D eigenvalue weighted by Gasteiger charge is -2.61. The predicted molar refractivity (Wildman–Crippen MR) is 552 cm³/mol. The van der Waals surface area contributed by atoms with Crippen molar-refractivity contribution in [2.24, 2.45) is 29.2 Å². The van der Waals surface area contributed by atoms with Crippen LogP contribution in [0.4, 0.5) is 22.7 Å². The first-order chi connectivity index (χ1) is 65.8. The van der Waals surface area contributed by atoms with Crippen LogP contribution in [-0.4, -0.2) is 124 Å². The Morgan fingerprint density at radius 2 is 0.588 bits per heavy atom. The van der Waals surface area contributed by atoms with E-state index in [-0.39, 0.29) is 46.6 Å². The van der Waals surface area contributed by atoms with Crippen molar-refractivity contribution >= 4 is 80.1 Å². The number of halogens is 2. The number of hydrogen-bond acceptors (Lipinski definition) is 16. The molecule has 3 fully saturated rings. The Kier molecular flexibility index (Phi) is 49.4. The summed E-state index contributed by atoms with van der Waals surface area (Å²) in [6.07, 6.45) is 20.0. The molecule has 3 saturated carbocycles. The average molecular weight is 1890 g/mol. The van der Waals surface area contributed by atoms with Gasteiger partial charge in [0.2, 0.25) is 0 Å². The molecule has 4 aliphatic heterocycles. The number of amides is 4. The molecule has 22 heteroatoms. The Bertz CT molecular complexity index is 4720. The zero-order valence-electron chi connectivity index (χ0n) is 82.4. The molecule has 4 amide bonds. The fourth-order valence-electron chi connectivity index (χ4n) is 17.3. The molecule has 16 rings (SSSR count). The fourth-order valence-corrected chi connectivity index (χ4v) is 17.5. The van der Waals surface area contributed by atoms with Crippen molar-refractivity contribution in [1.82, 2.24) is 21.3 Å². The zero-order chi connectivity index (χ0) is 98.3. The molecule has 7 aliphatic rings. The maximum absolute atomic E-state index is 13.2. The molecule has 9 aromatic rings. The Balaban J connectivity index is 0.000000214. The summed E-state index contributed by atoms with van der Waals surface area (Å²) in [6.45, 7) is 33.5. The van der Waals surface area contributed by atoms with Gasteiger partial charge in [-0.25, -0.2) is 0 Å². The minimum absolute atomic E-state index is 0.185. The van der Waals surface area contributed by atoms with Crippen molar-refractivity contribution in [3.63, 3.8) is 0 Å². The van der Waals surface area contributed by atoms with Crippen molar-refractivity contribution in [3.8, 4) is 0 Å². The van der Waals surface area contributed by atoms with E-state index in [2.05, 4.69) is 164 Å². The summed E-state index contributed by atoms with van der Waals surface area (Å²) < 4.78 is 0. The second-order valence-corrected chi connectivity index (χ2v) is 37.4. The van der Waals surface area contributed by atoms with Crippen LogP contribution in [-0.2, 0) is 26.2 Å². The molecule has 8 N–H and O–H groups in total. The highest BCUT2D eigenvalue weighted by molar-refractivity contribution is 6.69. The van der Waals surface area contributed by atoms with E-state index in [1.54, 1.807) is 61.5 Å². The van der Waals surface area contributed by atoms with Crippen LogP contribution >= 0.6 is 23.2 Å². The van der Waals surface area contributed by atoms with Crippen molar-refractivity contribution in [1.29, 1.82) is 0 Å². The number of aryl methyl sites for hydroxylation is 1. The lowest BCUT2D eigenvalue weighted by Crippen LogP contribution is -2.64. The minimum atomic E-state index is -0.878. The van der Waals surface area contributed by atoms with Gasteiger partial charge in [-0.3, -0.25) is 28.8 Å².